The number of aliphatic imine (C=N–C) groups is 2. The lowest BCUT2D eigenvalue weighted by Gasteiger charge is -2.27. The number of rotatable bonds is 10. The van der Waals surface area contributed by atoms with Gasteiger partial charge in [0.1, 0.15) is 23.8 Å². The second-order valence-electron chi connectivity index (χ2n) is 11.9. The zero-order valence-electron chi connectivity index (χ0n) is 25.7. The molecule has 0 saturated carbocycles. The Balaban J connectivity index is 2.43. The molecule has 0 radical (unpaired) electrons. The van der Waals surface area contributed by atoms with Crippen LogP contribution >= 0.6 is 0 Å². The molecule has 0 unspecified atom stereocenters. The Morgan fingerprint density at radius 1 is 0.762 bits per heavy atom. The zero-order chi connectivity index (χ0) is 31.4. The minimum absolute atomic E-state index is 0.135. The second-order valence-corrected chi connectivity index (χ2v) is 11.9. The summed E-state index contributed by atoms with van der Waals surface area (Å²) in [5, 5.41) is 36.1. The van der Waals surface area contributed by atoms with Gasteiger partial charge in [0, 0.05) is 12.8 Å². The van der Waals surface area contributed by atoms with Gasteiger partial charge < -0.3 is 15.4 Å². The van der Waals surface area contributed by atoms with Gasteiger partial charge in [-0.25, -0.2) is 0 Å². The zero-order valence-corrected chi connectivity index (χ0v) is 25.7. The first kappa shape index (κ1) is 33.5. The molecule has 42 heavy (non-hydrogen) atoms. The van der Waals surface area contributed by atoms with Gasteiger partial charge in [0.25, 0.3) is 0 Å². The molecule has 9 nitrogen and oxygen atoms in total. The van der Waals surface area contributed by atoms with Crippen molar-refractivity contribution in [2.24, 2.45) is 15.4 Å². The van der Waals surface area contributed by atoms with Gasteiger partial charge in [-0.05, 0) is 85.6 Å². The highest BCUT2D eigenvalue weighted by molar-refractivity contribution is 5.98. The molecular weight excluding hydrogens is 526 g/mol. The van der Waals surface area contributed by atoms with Crippen LogP contribution in [0.2, 0.25) is 0 Å². The first-order valence-corrected chi connectivity index (χ1v) is 14.0. The fraction of sp³-hybridized carbons (Fsp3) is 0.455. The van der Waals surface area contributed by atoms with Gasteiger partial charge in [-0.3, -0.25) is 14.8 Å². The van der Waals surface area contributed by atoms with E-state index >= 15 is 0 Å². The van der Waals surface area contributed by atoms with Crippen molar-refractivity contribution in [3.8, 4) is 18.2 Å². The Morgan fingerprint density at radius 2 is 1.17 bits per heavy atom. The maximum atomic E-state index is 13.4. The fourth-order valence-corrected chi connectivity index (χ4v) is 4.21. The Kier molecular flexibility index (Phi) is 11.8. The predicted octanol–water partition coefficient (Wildman–Crippen LogP) is 6.98. The molecule has 0 aliphatic heterocycles. The topological polar surface area (TPSA) is 146 Å². The summed E-state index contributed by atoms with van der Waals surface area (Å²) in [7, 11) is 0. The number of amidine groups is 2. The molecule has 2 aromatic rings. The van der Waals surface area contributed by atoms with Crippen LogP contribution in [0.5, 0.6) is 0 Å². The summed E-state index contributed by atoms with van der Waals surface area (Å²) in [6.45, 7) is 13.6. The molecule has 0 bridgehead atoms. The lowest BCUT2D eigenvalue weighted by Crippen LogP contribution is -2.35. The molecule has 2 aromatic carbocycles. The van der Waals surface area contributed by atoms with Crippen molar-refractivity contribution in [3.63, 3.8) is 0 Å². The third-order valence-corrected chi connectivity index (χ3v) is 6.05. The number of nitriles is 3. The SMILES string of the molecule is CCOC(=O)C(C#N)(CCC(=NC(C)(C)C)Nc1ccccc1C#N)CCC(=NC(C)(C)C)Nc1ccccc1C#N. The monoisotopic (exact) mass is 567 g/mol. The van der Waals surface area contributed by atoms with Crippen LogP contribution in [0.4, 0.5) is 11.4 Å². The van der Waals surface area contributed by atoms with Crippen molar-refractivity contribution in [2.75, 3.05) is 17.2 Å². The average Bonchev–Trinajstić information content (AvgIpc) is 2.92. The summed E-state index contributed by atoms with van der Waals surface area (Å²) < 4.78 is 5.41. The van der Waals surface area contributed by atoms with Crippen molar-refractivity contribution in [1.82, 2.24) is 0 Å². The number of esters is 1. The number of carbonyl (C=O) groups excluding carboxylic acids is 1. The van der Waals surface area contributed by atoms with E-state index in [9.17, 15) is 20.6 Å². The molecular formula is C33H41N7O2. The Morgan fingerprint density at radius 3 is 1.50 bits per heavy atom. The molecule has 0 fully saturated rings. The quantitative estimate of drug-likeness (QED) is 0.179. The number of anilines is 2. The highest BCUT2D eigenvalue weighted by Gasteiger charge is 2.40. The van der Waals surface area contributed by atoms with Crippen LogP contribution in [0.3, 0.4) is 0 Å². The summed E-state index contributed by atoms with van der Waals surface area (Å²) >= 11 is 0. The number of ether oxygens (including phenoxy) is 1. The van der Waals surface area contributed by atoms with Gasteiger partial charge in [0.15, 0.2) is 5.41 Å². The highest BCUT2D eigenvalue weighted by Crippen LogP contribution is 2.33. The summed E-state index contributed by atoms with van der Waals surface area (Å²) in [6.07, 6.45) is 0.798. The number of benzene rings is 2. The van der Waals surface area contributed by atoms with Crippen LogP contribution in [-0.4, -0.2) is 35.3 Å². The normalized spacial score (nSPS) is 13.6. The number of nitrogens with one attached hydrogen (secondary N) is 2. The number of para-hydroxylation sites is 2. The number of carbonyl (C=O) groups is 1. The minimum atomic E-state index is -1.49. The second kappa shape index (κ2) is 14.8. The first-order valence-electron chi connectivity index (χ1n) is 14.0. The van der Waals surface area contributed by atoms with Gasteiger partial charge in [-0.1, -0.05) is 24.3 Å². The first-order chi connectivity index (χ1) is 19.8. The van der Waals surface area contributed by atoms with E-state index < -0.39 is 22.5 Å². The van der Waals surface area contributed by atoms with Crippen LogP contribution < -0.4 is 10.6 Å². The van der Waals surface area contributed by atoms with Gasteiger partial charge in [-0.2, -0.15) is 15.8 Å². The summed E-state index contributed by atoms with van der Waals surface area (Å²) in [5.74, 6) is 0.505. The number of nitrogens with zero attached hydrogens (tertiary/aromatic N) is 5. The third-order valence-electron chi connectivity index (χ3n) is 6.05. The van der Waals surface area contributed by atoms with Crippen LogP contribution in [0.1, 0.15) is 85.3 Å². The van der Waals surface area contributed by atoms with E-state index in [4.69, 9.17) is 14.7 Å². The molecule has 0 saturated heterocycles. The van der Waals surface area contributed by atoms with E-state index in [1.807, 2.05) is 53.7 Å². The molecule has 0 spiro atoms. The summed E-state index contributed by atoms with van der Waals surface area (Å²) in [5.41, 5.74) is -0.268. The van der Waals surface area contributed by atoms with E-state index in [-0.39, 0.29) is 32.3 Å². The Bertz CT molecular complexity index is 1330. The van der Waals surface area contributed by atoms with Crippen molar-refractivity contribution in [3.05, 3.63) is 59.7 Å². The maximum Gasteiger partial charge on any atom is 0.326 e. The maximum absolute atomic E-state index is 13.4. The van der Waals surface area contributed by atoms with E-state index in [0.717, 1.165) is 0 Å². The number of hydrogen-bond donors (Lipinski definition) is 2. The molecule has 0 heterocycles. The van der Waals surface area contributed by atoms with Crippen LogP contribution in [0.25, 0.3) is 0 Å². The molecule has 2 N–H and O–H groups in total. The van der Waals surface area contributed by atoms with Crippen molar-refractivity contribution in [1.29, 1.82) is 15.8 Å². The van der Waals surface area contributed by atoms with E-state index in [0.29, 0.717) is 34.2 Å². The Labute approximate surface area is 249 Å². The van der Waals surface area contributed by atoms with Gasteiger partial charge in [-0.15, -0.1) is 0 Å². The third kappa shape index (κ3) is 10.4. The molecule has 0 atom stereocenters. The molecule has 2 rings (SSSR count). The van der Waals surface area contributed by atoms with Crippen molar-refractivity contribution in [2.45, 2.75) is 85.2 Å². The van der Waals surface area contributed by atoms with E-state index in [1.165, 1.54) is 0 Å². The van der Waals surface area contributed by atoms with Crippen molar-refractivity contribution < 1.29 is 9.53 Å². The minimum Gasteiger partial charge on any atom is -0.465 e. The lowest BCUT2D eigenvalue weighted by molar-refractivity contribution is -0.152. The average molecular weight is 568 g/mol. The number of hydrogen-bond acceptors (Lipinski definition) is 7. The Hall–Kier alpha value is -4.68. The molecule has 9 heteroatoms. The molecule has 220 valence electrons. The van der Waals surface area contributed by atoms with E-state index in [1.54, 1.807) is 43.3 Å². The van der Waals surface area contributed by atoms with Crippen LogP contribution in [0.15, 0.2) is 58.5 Å². The fourth-order valence-electron chi connectivity index (χ4n) is 4.21. The van der Waals surface area contributed by atoms with E-state index in [2.05, 4.69) is 28.8 Å². The predicted molar refractivity (Wildman–Crippen MR) is 167 cm³/mol. The molecule has 0 aromatic heterocycles. The standard InChI is InChI=1S/C33H41N7O2/c1-8-42-30(41)33(23-36,19-17-28(39-31(2,3)4)37-26-15-11-9-13-24(26)21-34)20-18-29(40-32(5,6)7)38-27-16-12-10-14-25(27)22-35/h9-16H,8,17-20H2,1-7H3,(H,37,39)(H,38,40). The highest BCUT2D eigenvalue weighted by atomic mass is 16.5. The van der Waals surface area contributed by atoms with Crippen molar-refractivity contribution >= 4 is 29.0 Å². The molecule has 0 aliphatic rings. The van der Waals surface area contributed by atoms with Gasteiger partial charge in [0.05, 0.1) is 46.3 Å². The van der Waals surface area contributed by atoms with Gasteiger partial charge in [0.2, 0.25) is 0 Å². The summed E-state index contributed by atoms with van der Waals surface area (Å²) in [6, 6.07) is 20.8. The van der Waals surface area contributed by atoms with Gasteiger partial charge >= 0.3 is 5.97 Å². The lowest BCUT2D eigenvalue weighted by atomic mass is 9.79. The summed E-state index contributed by atoms with van der Waals surface area (Å²) in [4.78, 5) is 23.0. The smallest absolute Gasteiger partial charge is 0.326 e. The van der Waals surface area contributed by atoms with Crippen LogP contribution in [0, 0.1) is 39.4 Å². The largest absolute Gasteiger partial charge is 0.465 e. The van der Waals surface area contributed by atoms with Crippen LogP contribution in [-0.2, 0) is 9.53 Å². The molecule has 0 amide bonds. The molecule has 0 aliphatic carbocycles.